The van der Waals surface area contributed by atoms with Gasteiger partial charge in [-0.05, 0) is 43.7 Å². The third-order valence-electron chi connectivity index (χ3n) is 3.92. The molecule has 2 N–H and O–H groups in total. The quantitative estimate of drug-likeness (QED) is 0.624. The summed E-state index contributed by atoms with van der Waals surface area (Å²) >= 11 is 1.85. The van der Waals surface area contributed by atoms with Crippen molar-refractivity contribution in [1.82, 2.24) is 10.6 Å². The summed E-state index contributed by atoms with van der Waals surface area (Å²) in [7, 11) is 1.81. The maximum atomic E-state index is 5.54. The molecule has 0 atom stereocenters. The molecule has 0 unspecified atom stereocenters. The zero-order valence-electron chi connectivity index (χ0n) is 14.0. The van der Waals surface area contributed by atoms with E-state index in [0.29, 0.717) is 0 Å². The molecule has 0 fully saturated rings. The lowest BCUT2D eigenvalue weighted by molar-refractivity contribution is 0.357. The second kappa shape index (κ2) is 7.77. The molecule has 0 spiro atoms. The van der Waals surface area contributed by atoms with Crippen LogP contribution in [0.1, 0.15) is 25.0 Å². The van der Waals surface area contributed by atoms with Gasteiger partial charge in [0.15, 0.2) is 5.96 Å². The highest BCUT2D eigenvalue weighted by atomic mass is 32.2. The van der Waals surface area contributed by atoms with Crippen molar-refractivity contribution in [2.75, 3.05) is 33.0 Å². The lowest BCUT2D eigenvalue weighted by atomic mass is 10.1. The molecule has 0 bridgehead atoms. The van der Waals surface area contributed by atoms with Gasteiger partial charge in [0.25, 0.3) is 0 Å². The molecule has 0 amide bonds. The Bertz CT molecular complexity index is 529. The number of thioether (sulfide) groups is 1. The zero-order valence-corrected chi connectivity index (χ0v) is 14.8. The molecule has 0 aliphatic carbocycles. The average Bonchev–Trinajstić information content (AvgIpc) is 2.98. The molecular formula is C17H27N3OS. The average molecular weight is 321 g/mol. The van der Waals surface area contributed by atoms with Gasteiger partial charge in [-0.25, -0.2) is 0 Å². The molecular weight excluding hydrogens is 294 g/mol. The van der Waals surface area contributed by atoms with Gasteiger partial charge in [0.2, 0.25) is 0 Å². The standard InChI is InChI=1S/C17H27N3OS/c1-17(2,22-4)12-20-16(18-3)19-9-7-13-5-6-15-14(11-13)8-10-21-15/h5-6,11H,7-10,12H2,1-4H3,(H2,18,19,20). The van der Waals surface area contributed by atoms with Crippen LogP contribution in [-0.4, -0.2) is 43.7 Å². The van der Waals surface area contributed by atoms with Crippen LogP contribution >= 0.6 is 11.8 Å². The molecule has 0 saturated heterocycles. The van der Waals surface area contributed by atoms with Gasteiger partial charge in [-0.2, -0.15) is 11.8 Å². The summed E-state index contributed by atoms with van der Waals surface area (Å²) in [6.45, 7) is 7.04. The first-order valence-electron chi connectivity index (χ1n) is 7.78. The molecule has 5 heteroatoms. The van der Waals surface area contributed by atoms with E-state index < -0.39 is 0 Å². The lowest BCUT2D eigenvalue weighted by Crippen LogP contribution is -2.43. The van der Waals surface area contributed by atoms with E-state index in [0.717, 1.165) is 44.2 Å². The predicted octanol–water partition coefficient (Wildman–Crippen LogP) is 2.47. The van der Waals surface area contributed by atoms with Gasteiger partial charge in [0.1, 0.15) is 5.75 Å². The summed E-state index contributed by atoms with van der Waals surface area (Å²) in [5.41, 5.74) is 2.68. The second-order valence-corrected chi connectivity index (χ2v) is 7.62. The van der Waals surface area contributed by atoms with Crippen LogP contribution in [-0.2, 0) is 12.8 Å². The first kappa shape index (κ1) is 17.0. The fourth-order valence-corrected chi connectivity index (χ4v) is 2.53. The van der Waals surface area contributed by atoms with Crippen molar-refractivity contribution in [2.24, 2.45) is 4.99 Å². The monoisotopic (exact) mass is 321 g/mol. The van der Waals surface area contributed by atoms with Crippen molar-refractivity contribution >= 4 is 17.7 Å². The molecule has 1 heterocycles. The summed E-state index contributed by atoms with van der Waals surface area (Å²) in [6.07, 6.45) is 4.15. The topological polar surface area (TPSA) is 45.7 Å². The molecule has 1 aromatic rings. The Labute approximate surface area is 138 Å². The predicted molar refractivity (Wildman–Crippen MR) is 96.3 cm³/mol. The van der Waals surface area contributed by atoms with E-state index in [1.165, 1.54) is 11.1 Å². The van der Waals surface area contributed by atoms with Crippen molar-refractivity contribution in [2.45, 2.75) is 31.4 Å². The third-order valence-corrected chi connectivity index (χ3v) is 5.17. The highest BCUT2D eigenvalue weighted by molar-refractivity contribution is 7.99. The summed E-state index contributed by atoms with van der Waals surface area (Å²) in [5.74, 6) is 1.92. The van der Waals surface area contributed by atoms with Crippen LogP contribution in [0, 0.1) is 0 Å². The number of hydrogen-bond acceptors (Lipinski definition) is 3. The number of hydrogen-bond donors (Lipinski definition) is 2. The summed E-state index contributed by atoms with van der Waals surface area (Å²) < 4.78 is 5.75. The number of rotatable bonds is 6. The highest BCUT2D eigenvalue weighted by Crippen LogP contribution is 2.25. The molecule has 0 aromatic heterocycles. The van der Waals surface area contributed by atoms with Crippen LogP contribution in [0.5, 0.6) is 5.75 Å². The van der Waals surface area contributed by atoms with Crippen molar-refractivity contribution in [3.8, 4) is 5.75 Å². The van der Waals surface area contributed by atoms with Crippen LogP contribution in [0.15, 0.2) is 23.2 Å². The van der Waals surface area contributed by atoms with E-state index in [2.05, 4.69) is 53.9 Å². The Morgan fingerprint density at radius 3 is 2.91 bits per heavy atom. The van der Waals surface area contributed by atoms with Crippen molar-refractivity contribution in [3.05, 3.63) is 29.3 Å². The first-order chi connectivity index (χ1) is 10.5. The summed E-state index contributed by atoms with van der Waals surface area (Å²) in [6, 6.07) is 6.50. The minimum absolute atomic E-state index is 0.206. The smallest absolute Gasteiger partial charge is 0.191 e. The number of nitrogens with zero attached hydrogens (tertiary/aromatic N) is 1. The van der Waals surface area contributed by atoms with Crippen LogP contribution in [0.2, 0.25) is 0 Å². The minimum Gasteiger partial charge on any atom is -0.493 e. The molecule has 1 aromatic carbocycles. The fraction of sp³-hybridized carbons (Fsp3) is 0.588. The Morgan fingerprint density at radius 1 is 1.36 bits per heavy atom. The van der Waals surface area contributed by atoms with Gasteiger partial charge in [-0.3, -0.25) is 4.99 Å². The third kappa shape index (κ3) is 4.83. The first-order valence-corrected chi connectivity index (χ1v) is 9.01. The lowest BCUT2D eigenvalue weighted by Gasteiger charge is -2.23. The van der Waals surface area contributed by atoms with E-state index in [4.69, 9.17) is 4.74 Å². The highest BCUT2D eigenvalue weighted by Gasteiger charge is 2.16. The fourth-order valence-electron chi connectivity index (χ4n) is 2.31. The Hall–Kier alpha value is -1.36. The molecule has 1 aliphatic heterocycles. The molecule has 122 valence electrons. The number of fused-ring (bicyclic) bond motifs is 1. The van der Waals surface area contributed by atoms with Crippen LogP contribution in [0.3, 0.4) is 0 Å². The molecule has 4 nitrogen and oxygen atoms in total. The van der Waals surface area contributed by atoms with E-state index >= 15 is 0 Å². The van der Waals surface area contributed by atoms with E-state index in [1.807, 2.05) is 18.8 Å². The van der Waals surface area contributed by atoms with Gasteiger partial charge >= 0.3 is 0 Å². The van der Waals surface area contributed by atoms with Crippen LogP contribution in [0.25, 0.3) is 0 Å². The molecule has 22 heavy (non-hydrogen) atoms. The minimum atomic E-state index is 0.206. The van der Waals surface area contributed by atoms with E-state index in [-0.39, 0.29) is 4.75 Å². The number of ether oxygens (including phenoxy) is 1. The Kier molecular flexibility index (Phi) is 6.00. The van der Waals surface area contributed by atoms with Gasteiger partial charge in [-0.1, -0.05) is 12.1 Å². The van der Waals surface area contributed by atoms with Gasteiger partial charge in [0.05, 0.1) is 6.61 Å². The summed E-state index contributed by atoms with van der Waals surface area (Å²) in [5, 5.41) is 6.77. The van der Waals surface area contributed by atoms with E-state index in [9.17, 15) is 0 Å². The normalized spacial score (nSPS) is 14.5. The summed E-state index contributed by atoms with van der Waals surface area (Å²) in [4.78, 5) is 4.28. The van der Waals surface area contributed by atoms with Gasteiger partial charge in [-0.15, -0.1) is 0 Å². The Balaban J connectivity index is 1.77. The van der Waals surface area contributed by atoms with Gasteiger partial charge in [0, 0.05) is 31.3 Å². The van der Waals surface area contributed by atoms with E-state index in [1.54, 1.807) is 0 Å². The van der Waals surface area contributed by atoms with Crippen molar-refractivity contribution in [3.63, 3.8) is 0 Å². The second-order valence-electron chi connectivity index (χ2n) is 6.11. The zero-order chi connectivity index (χ0) is 16.0. The molecule has 0 saturated carbocycles. The maximum Gasteiger partial charge on any atom is 0.191 e. The molecule has 0 radical (unpaired) electrons. The molecule has 1 aliphatic rings. The van der Waals surface area contributed by atoms with Crippen molar-refractivity contribution in [1.29, 1.82) is 0 Å². The number of guanidine groups is 1. The molecule has 2 rings (SSSR count). The van der Waals surface area contributed by atoms with Gasteiger partial charge < -0.3 is 15.4 Å². The SMILES string of the molecule is CN=C(NCCc1ccc2c(c1)CCO2)NCC(C)(C)SC. The number of benzene rings is 1. The largest absolute Gasteiger partial charge is 0.493 e. The number of aliphatic imine (C=N–C) groups is 1. The van der Waals surface area contributed by atoms with Crippen LogP contribution in [0.4, 0.5) is 0 Å². The van der Waals surface area contributed by atoms with Crippen molar-refractivity contribution < 1.29 is 4.74 Å². The maximum absolute atomic E-state index is 5.54. The Morgan fingerprint density at radius 2 is 2.18 bits per heavy atom. The number of nitrogens with one attached hydrogen (secondary N) is 2. The van der Waals surface area contributed by atoms with Crippen LogP contribution < -0.4 is 15.4 Å².